The molecule has 0 radical (unpaired) electrons. The van der Waals surface area contributed by atoms with E-state index in [0.29, 0.717) is 6.54 Å². The van der Waals surface area contributed by atoms with E-state index in [1.54, 1.807) is 0 Å². The van der Waals surface area contributed by atoms with Crippen molar-refractivity contribution in [1.82, 2.24) is 4.90 Å². The molecule has 0 saturated carbocycles. The minimum absolute atomic E-state index is 0.0590. The first kappa shape index (κ1) is 6.75. The van der Waals surface area contributed by atoms with E-state index < -0.39 is 0 Å². The highest BCUT2D eigenvalue weighted by atomic mass is 19.1. The monoisotopic (exact) mass is 129 g/mol. The van der Waals surface area contributed by atoms with Crippen LogP contribution in [0.4, 0.5) is 4.39 Å². The third kappa shape index (κ3) is 1.52. The van der Waals surface area contributed by atoms with E-state index in [1.165, 1.54) is 0 Å². The summed E-state index contributed by atoms with van der Waals surface area (Å²) < 4.78 is 12.7. The molecule has 1 aliphatic heterocycles. The summed E-state index contributed by atoms with van der Waals surface area (Å²) in [5, 5.41) is 0. The molecule has 1 nitrogen and oxygen atoms in total. The summed E-state index contributed by atoms with van der Waals surface area (Å²) in [4.78, 5) is 1.99. The van der Waals surface area contributed by atoms with Crippen molar-refractivity contribution in [3.63, 3.8) is 0 Å². The summed E-state index contributed by atoms with van der Waals surface area (Å²) in [7, 11) is 1.94. The van der Waals surface area contributed by atoms with Crippen molar-refractivity contribution < 1.29 is 4.39 Å². The molecule has 0 spiro atoms. The molecular weight excluding hydrogens is 117 g/mol. The quantitative estimate of drug-likeness (QED) is 0.480. The van der Waals surface area contributed by atoms with Crippen LogP contribution in [0, 0.1) is 0 Å². The van der Waals surface area contributed by atoms with Gasteiger partial charge in [-0.15, -0.1) is 0 Å². The molecule has 0 atom stereocenters. The van der Waals surface area contributed by atoms with E-state index in [0.717, 1.165) is 18.5 Å². The molecular formula is C7H12FN. The summed E-state index contributed by atoms with van der Waals surface area (Å²) in [5.74, 6) is 0.0590. The highest BCUT2D eigenvalue weighted by Gasteiger charge is 2.11. The molecule has 52 valence electrons. The zero-order valence-electron chi connectivity index (χ0n) is 5.95. The summed E-state index contributed by atoms with van der Waals surface area (Å²) >= 11 is 0. The van der Waals surface area contributed by atoms with Crippen LogP contribution < -0.4 is 0 Å². The van der Waals surface area contributed by atoms with Crippen LogP contribution in [0.2, 0.25) is 0 Å². The Morgan fingerprint density at radius 1 is 1.56 bits per heavy atom. The molecule has 0 aromatic heterocycles. The fourth-order valence-electron chi connectivity index (χ4n) is 0.945. The second-order valence-electron chi connectivity index (χ2n) is 2.67. The molecule has 1 aliphatic rings. The maximum absolute atomic E-state index is 12.7. The number of nitrogens with zero attached hydrogens (tertiary/aromatic N) is 1. The largest absolute Gasteiger partial charge is 0.299 e. The Morgan fingerprint density at radius 3 is 2.67 bits per heavy atom. The molecule has 2 heteroatoms. The van der Waals surface area contributed by atoms with Crippen LogP contribution in [0.1, 0.15) is 13.3 Å². The van der Waals surface area contributed by atoms with Gasteiger partial charge in [-0.25, -0.2) is 4.39 Å². The van der Waals surface area contributed by atoms with Crippen LogP contribution in [0.3, 0.4) is 0 Å². The normalized spacial score (nSPS) is 23.0. The summed E-state index contributed by atoms with van der Waals surface area (Å²) in [6.07, 6.45) is 0.891. The first-order valence-corrected chi connectivity index (χ1v) is 3.23. The lowest BCUT2D eigenvalue weighted by Crippen LogP contribution is -2.25. The summed E-state index contributed by atoms with van der Waals surface area (Å²) in [5.41, 5.74) is 0.924. The van der Waals surface area contributed by atoms with E-state index in [-0.39, 0.29) is 5.83 Å². The van der Waals surface area contributed by atoms with E-state index in [1.807, 2.05) is 18.9 Å². The first-order chi connectivity index (χ1) is 4.20. The Hall–Kier alpha value is -0.370. The average molecular weight is 129 g/mol. The van der Waals surface area contributed by atoms with Crippen molar-refractivity contribution in [2.24, 2.45) is 0 Å². The molecule has 0 aliphatic carbocycles. The number of hydrogen-bond donors (Lipinski definition) is 0. The van der Waals surface area contributed by atoms with Crippen molar-refractivity contribution in [1.29, 1.82) is 0 Å². The van der Waals surface area contributed by atoms with E-state index >= 15 is 0 Å². The smallest absolute Gasteiger partial charge is 0.113 e. The lowest BCUT2D eigenvalue weighted by Gasteiger charge is -2.21. The third-order valence-corrected chi connectivity index (χ3v) is 1.74. The summed E-state index contributed by atoms with van der Waals surface area (Å²) in [6.45, 7) is 3.37. The molecule has 1 heterocycles. The minimum atomic E-state index is 0.0590. The first-order valence-electron chi connectivity index (χ1n) is 3.23. The fraction of sp³-hybridized carbons (Fsp3) is 0.714. The van der Waals surface area contributed by atoms with Crippen LogP contribution in [-0.4, -0.2) is 25.0 Å². The van der Waals surface area contributed by atoms with Crippen molar-refractivity contribution in [3.05, 3.63) is 11.4 Å². The van der Waals surface area contributed by atoms with Crippen LogP contribution in [0.5, 0.6) is 0 Å². The zero-order valence-corrected chi connectivity index (χ0v) is 5.95. The highest BCUT2D eigenvalue weighted by molar-refractivity contribution is 5.09. The summed E-state index contributed by atoms with van der Waals surface area (Å²) in [6, 6.07) is 0. The van der Waals surface area contributed by atoms with Gasteiger partial charge >= 0.3 is 0 Å². The molecule has 1 rings (SSSR count). The minimum Gasteiger partial charge on any atom is -0.299 e. The third-order valence-electron chi connectivity index (χ3n) is 1.74. The Kier molecular flexibility index (Phi) is 1.86. The second kappa shape index (κ2) is 2.48. The number of likely N-dealkylation sites (N-methyl/N-ethyl adjacent to an activating group) is 1. The van der Waals surface area contributed by atoms with Crippen molar-refractivity contribution in [2.45, 2.75) is 13.3 Å². The van der Waals surface area contributed by atoms with Gasteiger partial charge in [0.05, 0.1) is 0 Å². The number of hydrogen-bond acceptors (Lipinski definition) is 1. The molecule has 0 bridgehead atoms. The zero-order chi connectivity index (χ0) is 6.85. The number of halogens is 1. The molecule has 0 fully saturated rings. The van der Waals surface area contributed by atoms with Gasteiger partial charge in [0.25, 0.3) is 0 Å². The standard InChI is InChI=1S/C7H12FN/c1-6-3-4-9(2)5-7(6)8/h3-5H2,1-2H3. The van der Waals surface area contributed by atoms with Gasteiger partial charge in [0.15, 0.2) is 0 Å². The number of rotatable bonds is 0. The average Bonchev–Trinajstić information content (AvgIpc) is 1.80. The van der Waals surface area contributed by atoms with Gasteiger partial charge in [0.1, 0.15) is 5.83 Å². The van der Waals surface area contributed by atoms with Gasteiger partial charge < -0.3 is 0 Å². The lowest BCUT2D eigenvalue weighted by atomic mass is 10.1. The van der Waals surface area contributed by atoms with Gasteiger partial charge in [0, 0.05) is 13.1 Å². The SMILES string of the molecule is CC1=C(F)CN(C)CC1. The van der Waals surface area contributed by atoms with Gasteiger partial charge in [-0.1, -0.05) is 0 Å². The maximum atomic E-state index is 12.7. The Morgan fingerprint density at radius 2 is 2.22 bits per heavy atom. The molecule has 0 aromatic rings. The van der Waals surface area contributed by atoms with Crippen molar-refractivity contribution in [2.75, 3.05) is 20.1 Å². The molecule has 0 aromatic carbocycles. The van der Waals surface area contributed by atoms with Crippen LogP contribution >= 0.6 is 0 Å². The topological polar surface area (TPSA) is 3.24 Å². The van der Waals surface area contributed by atoms with Crippen LogP contribution in [-0.2, 0) is 0 Å². The van der Waals surface area contributed by atoms with Crippen LogP contribution in [0.25, 0.3) is 0 Å². The predicted octanol–water partition coefficient (Wildman–Crippen LogP) is 1.57. The Labute approximate surface area is 55.2 Å². The van der Waals surface area contributed by atoms with Gasteiger partial charge in [-0.05, 0) is 26.0 Å². The highest BCUT2D eigenvalue weighted by Crippen LogP contribution is 2.16. The van der Waals surface area contributed by atoms with Gasteiger partial charge in [0.2, 0.25) is 0 Å². The molecule has 9 heavy (non-hydrogen) atoms. The Balaban J connectivity index is 2.61. The maximum Gasteiger partial charge on any atom is 0.113 e. The fourth-order valence-corrected chi connectivity index (χ4v) is 0.945. The van der Waals surface area contributed by atoms with Crippen molar-refractivity contribution >= 4 is 0 Å². The lowest BCUT2D eigenvalue weighted by molar-refractivity contribution is 0.313. The van der Waals surface area contributed by atoms with Crippen LogP contribution in [0.15, 0.2) is 11.4 Å². The molecule has 0 amide bonds. The van der Waals surface area contributed by atoms with E-state index in [9.17, 15) is 4.39 Å². The van der Waals surface area contributed by atoms with E-state index in [2.05, 4.69) is 0 Å². The van der Waals surface area contributed by atoms with Gasteiger partial charge in [-0.3, -0.25) is 4.90 Å². The molecule has 0 unspecified atom stereocenters. The van der Waals surface area contributed by atoms with Gasteiger partial charge in [-0.2, -0.15) is 0 Å². The molecule has 0 saturated heterocycles. The molecule has 0 N–H and O–H groups in total. The Bertz CT molecular complexity index is 140. The van der Waals surface area contributed by atoms with Crippen molar-refractivity contribution in [3.8, 4) is 0 Å². The predicted molar refractivity (Wildman–Crippen MR) is 35.9 cm³/mol. The van der Waals surface area contributed by atoms with E-state index in [4.69, 9.17) is 0 Å². The second-order valence-corrected chi connectivity index (χ2v) is 2.67.